The van der Waals surface area contributed by atoms with Gasteiger partial charge in [-0.3, -0.25) is 0 Å². The van der Waals surface area contributed by atoms with Crippen LogP contribution in [0.2, 0.25) is 0 Å². The molecule has 1 aromatic carbocycles. The molecule has 1 heterocycles. The minimum absolute atomic E-state index is 0.0386. The quantitative estimate of drug-likeness (QED) is 0.881. The molecular weight excluding hydrogens is 221 g/mol. The largest absolute Gasteiger partial charge is 0.490 e. The summed E-state index contributed by atoms with van der Waals surface area (Å²) in [6.07, 6.45) is 1.55. The zero-order valence-corrected chi connectivity index (χ0v) is 10.0. The van der Waals surface area contributed by atoms with Gasteiger partial charge in [-0.2, -0.15) is 0 Å². The van der Waals surface area contributed by atoms with E-state index in [4.69, 9.17) is 15.2 Å². The van der Waals surface area contributed by atoms with Crippen molar-refractivity contribution in [3.63, 3.8) is 0 Å². The topological polar surface area (TPSA) is 44.5 Å². The number of halogens is 1. The molecule has 0 amide bonds. The van der Waals surface area contributed by atoms with Gasteiger partial charge in [0.15, 0.2) is 11.5 Å². The Kier molecular flexibility index (Phi) is 3.84. The summed E-state index contributed by atoms with van der Waals surface area (Å²) >= 11 is 0. The average Bonchev–Trinajstić information content (AvgIpc) is 2.54. The lowest BCUT2D eigenvalue weighted by Crippen LogP contribution is -2.08. The average molecular weight is 239 g/mol. The molecule has 0 bridgehead atoms. The lowest BCUT2D eigenvalue weighted by molar-refractivity contribution is 0.295. The van der Waals surface area contributed by atoms with Crippen LogP contribution < -0.4 is 15.2 Å². The number of hydrogen-bond donors (Lipinski definition) is 1. The SMILES string of the molecule is CC(CCN)c1c(F)ccc2c1OCCCO2. The first kappa shape index (κ1) is 12.2. The number of rotatable bonds is 3. The van der Waals surface area contributed by atoms with Gasteiger partial charge in [-0.25, -0.2) is 4.39 Å². The summed E-state index contributed by atoms with van der Waals surface area (Å²) < 4.78 is 25.1. The highest BCUT2D eigenvalue weighted by atomic mass is 19.1. The van der Waals surface area contributed by atoms with Crippen molar-refractivity contribution in [3.05, 3.63) is 23.5 Å². The number of fused-ring (bicyclic) bond motifs is 1. The fourth-order valence-corrected chi connectivity index (χ4v) is 2.09. The maximum absolute atomic E-state index is 13.9. The molecule has 0 fully saturated rings. The fraction of sp³-hybridized carbons (Fsp3) is 0.538. The molecule has 0 saturated carbocycles. The highest BCUT2D eigenvalue weighted by Gasteiger charge is 2.22. The first-order chi connectivity index (χ1) is 8.24. The molecule has 0 radical (unpaired) electrons. The van der Waals surface area contributed by atoms with Crippen molar-refractivity contribution >= 4 is 0 Å². The maximum Gasteiger partial charge on any atom is 0.167 e. The predicted molar refractivity (Wildman–Crippen MR) is 64.1 cm³/mol. The molecule has 94 valence electrons. The third kappa shape index (κ3) is 2.52. The second kappa shape index (κ2) is 5.36. The number of benzene rings is 1. The van der Waals surface area contributed by atoms with Gasteiger partial charge in [0.1, 0.15) is 5.82 Å². The molecule has 2 N–H and O–H groups in total. The molecule has 1 unspecified atom stereocenters. The molecule has 0 aliphatic carbocycles. The molecule has 1 aliphatic heterocycles. The molecule has 4 heteroatoms. The van der Waals surface area contributed by atoms with Crippen molar-refractivity contribution in [2.24, 2.45) is 5.73 Å². The van der Waals surface area contributed by atoms with Crippen molar-refractivity contribution in [3.8, 4) is 11.5 Å². The minimum Gasteiger partial charge on any atom is -0.490 e. The van der Waals surface area contributed by atoms with E-state index < -0.39 is 0 Å². The van der Waals surface area contributed by atoms with Gasteiger partial charge < -0.3 is 15.2 Å². The van der Waals surface area contributed by atoms with E-state index in [0.717, 1.165) is 12.8 Å². The molecule has 1 atom stereocenters. The van der Waals surface area contributed by atoms with Crippen molar-refractivity contribution < 1.29 is 13.9 Å². The number of nitrogens with two attached hydrogens (primary N) is 1. The Hall–Kier alpha value is -1.29. The van der Waals surface area contributed by atoms with Gasteiger partial charge in [-0.1, -0.05) is 6.92 Å². The van der Waals surface area contributed by atoms with Crippen molar-refractivity contribution in [2.45, 2.75) is 25.7 Å². The Bertz CT molecular complexity index is 395. The summed E-state index contributed by atoms with van der Waals surface area (Å²) in [4.78, 5) is 0. The monoisotopic (exact) mass is 239 g/mol. The maximum atomic E-state index is 13.9. The molecule has 3 nitrogen and oxygen atoms in total. The van der Waals surface area contributed by atoms with Crippen LogP contribution in [0.4, 0.5) is 4.39 Å². The summed E-state index contributed by atoms with van der Waals surface area (Å²) in [5.41, 5.74) is 6.12. The summed E-state index contributed by atoms with van der Waals surface area (Å²) in [6.45, 7) is 3.67. The van der Waals surface area contributed by atoms with E-state index in [1.807, 2.05) is 6.92 Å². The summed E-state index contributed by atoms with van der Waals surface area (Å²) in [6, 6.07) is 3.07. The van der Waals surface area contributed by atoms with E-state index in [2.05, 4.69) is 0 Å². The molecule has 1 aliphatic rings. The predicted octanol–water partition coefficient (Wildman–Crippen LogP) is 2.44. The van der Waals surface area contributed by atoms with E-state index in [-0.39, 0.29) is 11.7 Å². The molecule has 0 saturated heterocycles. The van der Waals surface area contributed by atoms with Crippen LogP contribution >= 0.6 is 0 Å². The van der Waals surface area contributed by atoms with Crippen LogP contribution in [-0.2, 0) is 0 Å². The van der Waals surface area contributed by atoms with Crippen LogP contribution in [0.1, 0.15) is 31.2 Å². The van der Waals surface area contributed by atoms with Gasteiger partial charge in [0.2, 0.25) is 0 Å². The highest BCUT2D eigenvalue weighted by Crippen LogP contribution is 2.39. The van der Waals surface area contributed by atoms with E-state index in [9.17, 15) is 4.39 Å². The van der Waals surface area contributed by atoms with Gasteiger partial charge in [-0.05, 0) is 31.0 Å². The Morgan fingerprint density at radius 1 is 1.35 bits per heavy atom. The first-order valence-corrected chi connectivity index (χ1v) is 6.02. The molecule has 2 rings (SSSR count). The van der Waals surface area contributed by atoms with Crippen molar-refractivity contribution in [1.29, 1.82) is 0 Å². The van der Waals surface area contributed by atoms with Crippen molar-refractivity contribution in [1.82, 2.24) is 0 Å². The van der Waals surface area contributed by atoms with Gasteiger partial charge in [0.05, 0.1) is 13.2 Å². The van der Waals surface area contributed by atoms with E-state index in [1.165, 1.54) is 6.07 Å². The van der Waals surface area contributed by atoms with Gasteiger partial charge in [-0.15, -0.1) is 0 Å². The van der Waals surface area contributed by atoms with Crippen LogP contribution in [0.5, 0.6) is 11.5 Å². The third-order valence-electron chi connectivity index (χ3n) is 2.99. The Morgan fingerprint density at radius 2 is 2.12 bits per heavy atom. The van der Waals surface area contributed by atoms with E-state index in [0.29, 0.717) is 36.8 Å². The zero-order chi connectivity index (χ0) is 12.3. The van der Waals surface area contributed by atoms with E-state index in [1.54, 1.807) is 6.07 Å². The second-order valence-electron chi connectivity index (χ2n) is 4.32. The molecule has 0 spiro atoms. The standard InChI is InChI=1S/C13H18FNO2/c1-9(5-6-15)12-10(14)3-4-11-13(12)17-8-2-7-16-11/h3-4,9H,2,5-8,15H2,1H3. The summed E-state index contributed by atoms with van der Waals surface area (Å²) in [5, 5.41) is 0. The highest BCUT2D eigenvalue weighted by molar-refractivity contribution is 5.49. The number of hydrogen-bond acceptors (Lipinski definition) is 3. The third-order valence-corrected chi connectivity index (χ3v) is 2.99. The van der Waals surface area contributed by atoms with Crippen molar-refractivity contribution in [2.75, 3.05) is 19.8 Å². The lowest BCUT2D eigenvalue weighted by Gasteiger charge is -2.18. The fourth-order valence-electron chi connectivity index (χ4n) is 2.09. The summed E-state index contributed by atoms with van der Waals surface area (Å²) in [5.74, 6) is 0.998. The van der Waals surface area contributed by atoms with Crippen LogP contribution in [0.3, 0.4) is 0 Å². The second-order valence-corrected chi connectivity index (χ2v) is 4.32. The molecule has 17 heavy (non-hydrogen) atoms. The van der Waals surface area contributed by atoms with Gasteiger partial charge in [0.25, 0.3) is 0 Å². The smallest absolute Gasteiger partial charge is 0.167 e. The Balaban J connectivity index is 2.41. The molecular formula is C13H18FNO2. The normalized spacial score (nSPS) is 16.4. The number of ether oxygens (including phenoxy) is 2. The zero-order valence-electron chi connectivity index (χ0n) is 10.0. The van der Waals surface area contributed by atoms with Crippen LogP contribution in [0.15, 0.2) is 12.1 Å². The minimum atomic E-state index is -0.241. The molecule has 1 aromatic rings. The van der Waals surface area contributed by atoms with Gasteiger partial charge >= 0.3 is 0 Å². The molecule has 0 aromatic heterocycles. The van der Waals surface area contributed by atoms with Crippen LogP contribution in [0.25, 0.3) is 0 Å². The lowest BCUT2D eigenvalue weighted by atomic mass is 9.96. The Morgan fingerprint density at radius 3 is 2.88 bits per heavy atom. The first-order valence-electron chi connectivity index (χ1n) is 6.02. The van der Waals surface area contributed by atoms with Crippen LogP contribution in [0, 0.1) is 5.82 Å². The van der Waals surface area contributed by atoms with E-state index >= 15 is 0 Å². The van der Waals surface area contributed by atoms with Gasteiger partial charge in [0, 0.05) is 12.0 Å². The Labute approximate surface area is 101 Å². The van der Waals surface area contributed by atoms with Crippen LogP contribution in [-0.4, -0.2) is 19.8 Å². The summed E-state index contributed by atoms with van der Waals surface area (Å²) in [7, 11) is 0.